The maximum atomic E-state index is 13.4. The lowest BCUT2D eigenvalue weighted by Gasteiger charge is -2.21. The van der Waals surface area contributed by atoms with Crippen LogP contribution >= 0.6 is 0 Å². The van der Waals surface area contributed by atoms with Crippen LogP contribution in [0.3, 0.4) is 0 Å². The molecule has 0 unspecified atom stereocenters. The number of amides is 2. The molecule has 2 heterocycles. The lowest BCUT2D eigenvalue weighted by molar-refractivity contribution is -0.140. The van der Waals surface area contributed by atoms with Gasteiger partial charge in [-0.1, -0.05) is 0 Å². The Bertz CT molecular complexity index is 982. The number of H-pyrrole nitrogens is 1. The van der Waals surface area contributed by atoms with Crippen LogP contribution in [-0.4, -0.2) is 53.4 Å². The number of carbonyl (C=O) groups excluding carboxylic acids is 3. The molecule has 160 valence electrons. The molecule has 4 rings (SSSR count). The van der Waals surface area contributed by atoms with E-state index in [-0.39, 0.29) is 41.4 Å². The van der Waals surface area contributed by atoms with Gasteiger partial charge in [-0.2, -0.15) is 0 Å². The van der Waals surface area contributed by atoms with Crippen molar-refractivity contribution in [1.82, 2.24) is 15.2 Å². The molecule has 0 bridgehead atoms. The highest BCUT2D eigenvalue weighted by Gasteiger charge is 2.61. The number of halogens is 2. The van der Waals surface area contributed by atoms with Crippen molar-refractivity contribution in [3.63, 3.8) is 0 Å². The summed E-state index contributed by atoms with van der Waals surface area (Å²) >= 11 is 0. The summed E-state index contributed by atoms with van der Waals surface area (Å²) in [6, 6.07) is 3.60. The van der Waals surface area contributed by atoms with Crippen LogP contribution in [-0.2, 0) is 14.3 Å². The Morgan fingerprint density at radius 2 is 1.93 bits per heavy atom. The Labute approximate surface area is 171 Å². The largest absolute Gasteiger partial charge is 0.469 e. The number of esters is 1. The fourth-order valence-electron chi connectivity index (χ4n) is 4.24. The second-order valence-corrected chi connectivity index (χ2v) is 8.11. The summed E-state index contributed by atoms with van der Waals surface area (Å²) in [5.41, 5.74) is 0.233. The normalized spacial score (nSPS) is 22.1. The maximum Gasteiger partial charge on any atom is 0.305 e. The first-order chi connectivity index (χ1) is 14.3. The van der Waals surface area contributed by atoms with E-state index in [1.165, 1.54) is 13.2 Å². The molecule has 2 aromatic rings. The number of aromatic amines is 1. The van der Waals surface area contributed by atoms with Crippen LogP contribution in [0.2, 0.25) is 0 Å². The van der Waals surface area contributed by atoms with E-state index in [2.05, 4.69) is 15.0 Å². The molecule has 7 nitrogen and oxygen atoms in total. The van der Waals surface area contributed by atoms with E-state index in [0.29, 0.717) is 43.3 Å². The Morgan fingerprint density at radius 3 is 2.70 bits per heavy atom. The first kappa shape index (κ1) is 20.3. The molecule has 1 aromatic carbocycles. The first-order valence-corrected chi connectivity index (χ1v) is 9.96. The Balaban J connectivity index is 1.32. The summed E-state index contributed by atoms with van der Waals surface area (Å²) in [6.45, 7) is 0.933. The number of methoxy groups -OCH3 is 1. The van der Waals surface area contributed by atoms with Gasteiger partial charge in [-0.25, -0.2) is 8.78 Å². The van der Waals surface area contributed by atoms with Crippen molar-refractivity contribution in [3.05, 3.63) is 35.5 Å². The van der Waals surface area contributed by atoms with Crippen molar-refractivity contribution in [2.75, 3.05) is 20.2 Å². The van der Waals surface area contributed by atoms with Gasteiger partial charge in [-0.3, -0.25) is 14.4 Å². The number of nitrogens with one attached hydrogen (secondary N) is 2. The van der Waals surface area contributed by atoms with Gasteiger partial charge >= 0.3 is 5.97 Å². The summed E-state index contributed by atoms with van der Waals surface area (Å²) in [4.78, 5) is 40.7. The van der Waals surface area contributed by atoms with Gasteiger partial charge in [0.1, 0.15) is 5.69 Å². The zero-order valence-electron chi connectivity index (χ0n) is 16.6. The molecule has 1 saturated heterocycles. The second kappa shape index (κ2) is 7.70. The number of ether oxygens (including phenoxy) is 1. The van der Waals surface area contributed by atoms with Gasteiger partial charge < -0.3 is 19.9 Å². The minimum Gasteiger partial charge on any atom is -0.469 e. The van der Waals surface area contributed by atoms with Crippen LogP contribution < -0.4 is 5.32 Å². The van der Waals surface area contributed by atoms with Gasteiger partial charge in [0.15, 0.2) is 11.6 Å². The molecule has 1 saturated carbocycles. The highest BCUT2D eigenvalue weighted by atomic mass is 19.2. The van der Waals surface area contributed by atoms with Crippen LogP contribution in [0.15, 0.2) is 18.2 Å². The number of carbonyl (C=O) groups is 3. The number of rotatable bonds is 7. The second-order valence-electron chi connectivity index (χ2n) is 8.11. The van der Waals surface area contributed by atoms with Crippen LogP contribution in [0.4, 0.5) is 8.78 Å². The molecular formula is C21H23F2N3O4. The van der Waals surface area contributed by atoms with E-state index in [1.807, 2.05) is 0 Å². The zero-order valence-corrected chi connectivity index (χ0v) is 16.6. The first-order valence-electron chi connectivity index (χ1n) is 9.96. The number of benzene rings is 1. The molecule has 30 heavy (non-hydrogen) atoms. The Kier molecular flexibility index (Phi) is 5.21. The van der Waals surface area contributed by atoms with Gasteiger partial charge in [-0.15, -0.1) is 0 Å². The predicted molar refractivity (Wildman–Crippen MR) is 104 cm³/mol. The summed E-state index contributed by atoms with van der Waals surface area (Å²) < 4.78 is 31.4. The Morgan fingerprint density at radius 1 is 1.20 bits per heavy atom. The van der Waals surface area contributed by atoms with Crippen LogP contribution in [0.5, 0.6) is 0 Å². The Hall–Kier alpha value is -2.97. The topological polar surface area (TPSA) is 91.5 Å². The average molecular weight is 419 g/mol. The average Bonchev–Trinajstić information content (AvgIpc) is 3.04. The molecular weight excluding hydrogens is 396 g/mol. The summed E-state index contributed by atoms with van der Waals surface area (Å²) in [5, 5.41) is 3.48. The lowest BCUT2D eigenvalue weighted by atomic mass is 10.1. The molecule has 1 aromatic heterocycles. The van der Waals surface area contributed by atoms with E-state index < -0.39 is 11.6 Å². The zero-order chi connectivity index (χ0) is 21.5. The highest BCUT2D eigenvalue weighted by molar-refractivity contribution is 5.98. The predicted octanol–water partition coefficient (Wildman–Crippen LogP) is 2.51. The third-order valence-electron chi connectivity index (χ3n) is 5.98. The van der Waals surface area contributed by atoms with Gasteiger partial charge in [0.05, 0.1) is 12.6 Å². The monoisotopic (exact) mass is 419 g/mol. The number of aromatic nitrogens is 1. The van der Waals surface area contributed by atoms with Crippen molar-refractivity contribution in [2.45, 2.75) is 37.6 Å². The van der Waals surface area contributed by atoms with Crippen LogP contribution in [0, 0.1) is 17.6 Å². The van der Waals surface area contributed by atoms with E-state index >= 15 is 0 Å². The quantitative estimate of drug-likeness (QED) is 0.533. The van der Waals surface area contributed by atoms with E-state index in [0.717, 1.165) is 18.6 Å². The third-order valence-corrected chi connectivity index (χ3v) is 5.98. The lowest BCUT2D eigenvalue weighted by Crippen LogP contribution is -2.43. The van der Waals surface area contributed by atoms with Crippen molar-refractivity contribution >= 4 is 28.7 Å². The minimum atomic E-state index is -0.973. The SMILES string of the molecule is COC(=O)CCCCC(=O)N[C@]12C[C@H]1CN(C(=O)c1cc3cc(F)c(F)cc3[nH]1)C2. The number of likely N-dealkylation sites (tertiary alicyclic amines) is 1. The molecule has 2 atom stereocenters. The fourth-order valence-corrected chi connectivity index (χ4v) is 4.24. The molecule has 2 aliphatic rings. The fraction of sp³-hybridized carbons (Fsp3) is 0.476. The van der Waals surface area contributed by atoms with Gasteiger partial charge in [0, 0.05) is 48.8 Å². The van der Waals surface area contributed by atoms with Gasteiger partial charge in [0.25, 0.3) is 5.91 Å². The maximum absolute atomic E-state index is 13.4. The highest BCUT2D eigenvalue weighted by Crippen LogP contribution is 2.49. The van der Waals surface area contributed by atoms with Gasteiger partial charge in [-0.05, 0) is 31.4 Å². The van der Waals surface area contributed by atoms with E-state index in [4.69, 9.17) is 0 Å². The van der Waals surface area contributed by atoms with Crippen LogP contribution in [0.25, 0.3) is 10.9 Å². The molecule has 2 fully saturated rings. The van der Waals surface area contributed by atoms with Crippen LogP contribution in [0.1, 0.15) is 42.6 Å². The number of unbranched alkanes of at least 4 members (excludes halogenated alkanes) is 1. The molecule has 1 aliphatic carbocycles. The molecule has 9 heteroatoms. The minimum absolute atomic E-state index is 0.0896. The number of hydrogen-bond donors (Lipinski definition) is 2. The smallest absolute Gasteiger partial charge is 0.305 e. The number of nitrogens with zero attached hydrogens (tertiary/aromatic N) is 1. The van der Waals surface area contributed by atoms with Crippen molar-refractivity contribution < 1.29 is 27.9 Å². The number of hydrogen-bond acceptors (Lipinski definition) is 4. The summed E-state index contributed by atoms with van der Waals surface area (Å²) in [6.07, 6.45) is 2.61. The van der Waals surface area contributed by atoms with E-state index in [1.54, 1.807) is 4.90 Å². The number of fused-ring (bicyclic) bond motifs is 2. The summed E-state index contributed by atoms with van der Waals surface area (Å²) in [5.74, 6) is -2.36. The molecule has 1 aliphatic heterocycles. The van der Waals surface area contributed by atoms with Crippen molar-refractivity contribution in [2.24, 2.45) is 5.92 Å². The van der Waals surface area contributed by atoms with Crippen molar-refractivity contribution in [3.8, 4) is 0 Å². The molecule has 0 radical (unpaired) electrons. The number of piperidine rings is 1. The van der Waals surface area contributed by atoms with Crippen molar-refractivity contribution in [1.29, 1.82) is 0 Å². The molecule has 0 spiro atoms. The summed E-state index contributed by atoms with van der Waals surface area (Å²) in [7, 11) is 1.33. The third kappa shape index (κ3) is 3.88. The van der Waals surface area contributed by atoms with Gasteiger partial charge in [0.2, 0.25) is 5.91 Å². The van der Waals surface area contributed by atoms with E-state index in [9.17, 15) is 23.2 Å². The molecule has 2 N–H and O–H groups in total. The standard InChI is InChI=1S/C21H23F2N3O4/c1-30-19(28)5-3-2-4-18(27)25-21-9-13(21)10-26(11-21)20(29)17-7-12-6-14(22)15(23)8-16(12)24-17/h6-8,13,24H,2-5,9-11H2,1H3,(H,25,27)/t13-,21-/m0/s1. The molecule has 2 amide bonds.